The van der Waals surface area contributed by atoms with Crippen LogP contribution in [0.15, 0.2) is 0 Å². The normalized spacial score (nSPS) is 21.8. The summed E-state index contributed by atoms with van der Waals surface area (Å²) in [7, 11) is 0. The van der Waals surface area contributed by atoms with Crippen LogP contribution < -0.4 is 0 Å². The molecule has 0 heterocycles. The first-order chi connectivity index (χ1) is 5.12. The van der Waals surface area contributed by atoms with Crippen molar-refractivity contribution in [3.8, 4) is 0 Å². The van der Waals surface area contributed by atoms with Crippen LogP contribution in [-0.4, -0.2) is 23.9 Å². The van der Waals surface area contributed by atoms with Crippen molar-refractivity contribution in [3.63, 3.8) is 0 Å². The lowest BCUT2D eigenvalue weighted by Gasteiger charge is -2.36. The second kappa shape index (κ2) is 3.55. The molecule has 1 N–H and O–H groups in total. The Morgan fingerprint density at radius 2 is 2.09 bits per heavy atom. The summed E-state index contributed by atoms with van der Waals surface area (Å²) in [6, 6.07) is 0. The first kappa shape index (κ1) is 9.01. The van der Waals surface area contributed by atoms with Crippen LogP contribution in [-0.2, 0) is 4.74 Å². The van der Waals surface area contributed by atoms with Crippen molar-refractivity contribution in [2.75, 3.05) is 13.2 Å². The molecule has 0 aromatic rings. The summed E-state index contributed by atoms with van der Waals surface area (Å²) in [6.07, 6.45) is 3.00. The quantitative estimate of drug-likeness (QED) is 0.673. The van der Waals surface area contributed by atoms with Crippen molar-refractivity contribution in [1.82, 2.24) is 0 Å². The van der Waals surface area contributed by atoms with Crippen LogP contribution in [0.25, 0.3) is 0 Å². The van der Waals surface area contributed by atoms with Crippen LogP contribution in [0.2, 0.25) is 0 Å². The van der Waals surface area contributed by atoms with Gasteiger partial charge in [-0.25, -0.2) is 0 Å². The molecule has 0 amide bonds. The third kappa shape index (κ3) is 2.80. The van der Waals surface area contributed by atoms with E-state index in [0.29, 0.717) is 12.5 Å². The molecular weight excluding hydrogens is 140 g/mol. The molecular formula is C9H18O2. The zero-order valence-electron chi connectivity index (χ0n) is 7.47. The smallest absolute Gasteiger partial charge is 0.0880 e. The monoisotopic (exact) mass is 158 g/mol. The summed E-state index contributed by atoms with van der Waals surface area (Å²) in [4.78, 5) is 0. The summed E-state index contributed by atoms with van der Waals surface area (Å²) in [5, 5.41) is 9.60. The van der Waals surface area contributed by atoms with E-state index in [-0.39, 0.29) is 0 Å². The molecule has 1 rings (SSSR count). The molecule has 0 aromatic heterocycles. The first-order valence-electron chi connectivity index (χ1n) is 4.42. The molecule has 0 atom stereocenters. The lowest BCUT2D eigenvalue weighted by Crippen LogP contribution is -2.41. The zero-order chi connectivity index (χ0) is 8.32. The molecule has 0 radical (unpaired) electrons. The predicted octanol–water partition coefficient (Wildman–Crippen LogP) is 1.57. The van der Waals surface area contributed by atoms with Crippen LogP contribution in [0.5, 0.6) is 0 Å². The highest BCUT2D eigenvalue weighted by molar-refractivity contribution is 4.87. The number of rotatable bonds is 4. The fourth-order valence-electron chi connectivity index (χ4n) is 1.21. The van der Waals surface area contributed by atoms with Crippen molar-refractivity contribution >= 4 is 0 Å². The van der Waals surface area contributed by atoms with E-state index in [1.54, 1.807) is 0 Å². The van der Waals surface area contributed by atoms with Gasteiger partial charge in [0.15, 0.2) is 0 Å². The average molecular weight is 158 g/mol. The molecule has 1 fully saturated rings. The van der Waals surface area contributed by atoms with Crippen molar-refractivity contribution in [1.29, 1.82) is 0 Å². The third-order valence-corrected chi connectivity index (χ3v) is 2.11. The Bertz CT molecular complexity index is 117. The fraction of sp³-hybridized carbons (Fsp3) is 1.00. The first-order valence-corrected chi connectivity index (χ1v) is 4.42. The molecule has 11 heavy (non-hydrogen) atoms. The van der Waals surface area contributed by atoms with Gasteiger partial charge in [0.1, 0.15) is 0 Å². The number of hydrogen-bond donors (Lipinski definition) is 1. The van der Waals surface area contributed by atoms with Crippen molar-refractivity contribution in [2.24, 2.45) is 5.92 Å². The summed E-state index contributed by atoms with van der Waals surface area (Å²) >= 11 is 0. The fourth-order valence-corrected chi connectivity index (χ4v) is 1.21. The van der Waals surface area contributed by atoms with Gasteiger partial charge in [-0.2, -0.15) is 0 Å². The minimum atomic E-state index is -0.463. The van der Waals surface area contributed by atoms with E-state index < -0.39 is 5.60 Å². The van der Waals surface area contributed by atoms with E-state index in [4.69, 9.17) is 4.74 Å². The van der Waals surface area contributed by atoms with Gasteiger partial charge in [-0.15, -0.1) is 0 Å². The van der Waals surface area contributed by atoms with E-state index in [9.17, 15) is 5.11 Å². The van der Waals surface area contributed by atoms with E-state index >= 15 is 0 Å². The van der Waals surface area contributed by atoms with Gasteiger partial charge in [0.2, 0.25) is 0 Å². The van der Waals surface area contributed by atoms with Crippen LogP contribution >= 0.6 is 0 Å². The van der Waals surface area contributed by atoms with Crippen LogP contribution in [0, 0.1) is 5.92 Å². The molecule has 0 unspecified atom stereocenters. The van der Waals surface area contributed by atoms with Gasteiger partial charge in [-0.1, -0.05) is 13.8 Å². The minimum Gasteiger partial charge on any atom is -0.387 e. The van der Waals surface area contributed by atoms with Gasteiger partial charge in [0, 0.05) is 6.61 Å². The van der Waals surface area contributed by atoms with E-state index in [0.717, 1.165) is 25.9 Å². The molecule has 2 heteroatoms. The SMILES string of the molecule is CC(C)COCC1(O)CCC1. The lowest BCUT2D eigenvalue weighted by molar-refractivity contribution is -0.0992. The summed E-state index contributed by atoms with van der Waals surface area (Å²) < 4.78 is 5.35. The zero-order valence-corrected chi connectivity index (χ0v) is 7.47. The molecule has 0 saturated heterocycles. The van der Waals surface area contributed by atoms with Crippen molar-refractivity contribution < 1.29 is 9.84 Å². The lowest BCUT2D eigenvalue weighted by atomic mass is 9.81. The van der Waals surface area contributed by atoms with E-state index in [1.807, 2.05) is 0 Å². The molecule has 0 spiro atoms. The van der Waals surface area contributed by atoms with Crippen molar-refractivity contribution in [2.45, 2.75) is 38.7 Å². The highest BCUT2D eigenvalue weighted by Gasteiger charge is 2.34. The van der Waals surface area contributed by atoms with Gasteiger partial charge in [-0.3, -0.25) is 0 Å². The number of ether oxygens (including phenoxy) is 1. The molecule has 0 aliphatic heterocycles. The van der Waals surface area contributed by atoms with E-state index in [2.05, 4.69) is 13.8 Å². The second-order valence-corrected chi connectivity index (χ2v) is 3.99. The Morgan fingerprint density at radius 1 is 1.45 bits per heavy atom. The average Bonchev–Trinajstić information content (AvgIpc) is 1.83. The van der Waals surface area contributed by atoms with Gasteiger partial charge in [0.25, 0.3) is 0 Å². The summed E-state index contributed by atoms with van der Waals surface area (Å²) in [6.45, 7) is 5.53. The minimum absolute atomic E-state index is 0.463. The highest BCUT2D eigenvalue weighted by Crippen LogP contribution is 2.31. The second-order valence-electron chi connectivity index (χ2n) is 3.99. The maximum atomic E-state index is 9.60. The Hall–Kier alpha value is -0.0800. The topological polar surface area (TPSA) is 29.5 Å². The van der Waals surface area contributed by atoms with Gasteiger partial charge in [0.05, 0.1) is 12.2 Å². The van der Waals surface area contributed by atoms with Crippen LogP contribution in [0.1, 0.15) is 33.1 Å². The Labute approximate surface area is 68.6 Å². The molecule has 1 saturated carbocycles. The van der Waals surface area contributed by atoms with Gasteiger partial charge in [-0.05, 0) is 25.2 Å². The van der Waals surface area contributed by atoms with Gasteiger partial charge < -0.3 is 9.84 Å². The highest BCUT2D eigenvalue weighted by atomic mass is 16.5. The van der Waals surface area contributed by atoms with Crippen LogP contribution in [0.4, 0.5) is 0 Å². The third-order valence-electron chi connectivity index (χ3n) is 2.11. The van der Waals surface area contributed by atoms with Crippen LogP contribution in [0.3, 0.4) is 0 Å². The molecule has 0 aromatic carbocycles. The van der Waals surface area contributed by atoms with Crippen molar-refractivity contribution in [3.05, 3.63) is 0 Å². The molecule has 2 nitrogen and oxygen atoms in total. The molecule has 1 aliphatic carbocycles. The summed E-state index contributed by atoms with van der Waals surface area (Å²) in [5.41, 5.74) is -0.463. The predicted molar refractivity (Wildman–Crippen MR) is 44.5 cm³/mol. The Morgan fingerprint density at radius 3 is 2.45 bits per heavy atom. The Balaban J connectivity index is 2.02. The maximum absolute atomic E-state index is 9.60. The standard InChI is InChI=1S/C9H18O2/c1-8(2)6-11-7-9(10)4-3-5-9/h8,10H,3-7H2,1-2H3. The number of aliphatic hydroxyl groups is 1. The van der Waals surface area contributed by atoms with Gasteiger partial charge >= 0.3 is 0 Å². The maximum Gasteiger partial charge on any atom is 0.0880 e. The Kier molecular flexibility index (Phi) is 2.90. The molecule has 66 valence electrons. The molecule has 0 bridgehead atoms. The molecule has 1 aliphatic rings. The summed E-state index contributed by atoms with van der Waals surface area (Å²) in [5.74, 6) is 0.568. The largest absolute Gasteiger partial charge is 0.387 e. The van der Waals surface area contributed by atoms with E-state index in [1.165, 1.54) is 0 Å². The number of hydrogen-bond acceptors (Lipinski definition) is 2.